The minimum absolute atomic E-state index is 0.0672. The van der Waals surface area contributed by atoms with Gasteiger partial charge in [-0.25, -0.2) is 0 Å². The van der Waals surface area contributed by atoms with Gasteiger partial charge in [0.15, 0.2) is 0 Å². The Morgan fingerprint density at radius 2 is 2.00 bits per heavy atom. The number of amides is 1. The number of hydrogen-bond acceptors (Lipinski definition) is 2. The molecule has 2 N–H and O–H groups in total. The Morgan fingerprint density at radius 3 is 2.45 bits per heavy atom. The maximum atomic E-state index is 12.6. The average Bonchev–Trinajstić information content (AvgIpc) is 3.21. The Morgan fingerprint density at radius 1 is 1.40 bits per heavy atom. The van der Waals surface area contributed by atoms with Crippen molar-refractivity contribution in [1.82, 2.24) is 5.32 Å². The number of aliphatic hydroxyl groups is 1. The molecular formula is C16H22ClNO2. The van der Waals surface area contributed by atoms with Crippen molar-refractivity contribution in [2.75, 3.05) is 6.61 Å². The van der Waals surface area contributed by atoms with Crippen LogP contribution in [0.1, 0.15) is 45.1 Å². The highest BCUT2D eigenvalue weighted by molar-refractivity contribution is 6.30. The Labute approximate surface area is 125 Å². The van der Waals surface area contributed by atoms with Crippen LogP contribution in [0.3, 0.4) is 0 Å². The van der Waals surface area contributed by atoms with Crippen molar-refractivity contribution in [2.45, 2.75) is 50.5 Å². The van der Waals surface area contributed by atoms with Crippen LogP contribution in [0.5, 0.6) is 0 Å². The number of carbonyl (C=O) groups is 1. The van der Waals surface area contributed by atoms with Crippen molar-refractivity contribution < 1.29 is 9.90 Å². The summed E-state index contributed by atoms with van der Waals surface area (Å²) in [6.07, 6.45) is 3.13. The number of rotatable bonds is 6. The lowest BCUT2D eigenvalue weighted by Crippen LogP contribution is -2.50. The molecule has 1 aromatic rings. The van der Waals surface area contributed by atoms with Crippen molar-refractivity contribution in [3.63, 3.8) is 0 Å². The SMILES string of the molecule is CCC(C)(CCO)NC(=O)C1(c2ccc(Cl)cc2)CC1. The highest BCUT2D eigenvalue weighted by Crippen LogP contribution is 2.49. The summed E-state index contributed by atoms with van der Waals surface area (Å²) in [5.74, 6) is 0.0672. The largest absolute Gasteiger partial charge is 0.396 e. The molecule has 1 saturated carbocycles. The van der Waals surface area contributed by atoms with Crippen molar-refractivity contribution in [2.24, 2.45) is 0 Å². The highest BCUT2D eigenvalue weighted by Gasteiger charge is 2.52. The molecule has 110 valence electrons. The van der Waals surface area contributed by atoms with E-state index < -0.39 is 5.41 Å². The van der Waals surface area contributed by atoms with Crippen molar-refractivity contribution >= 4 is 17.5 Å². The summed E-state index contributed by atoms with van der Waals surface area (Å²) < 4.78 is 0. The molecular weight excluding hydrogens is 274 g/mol. The maximum absolute atomic E-state index is 12.6. The monoisotopic (exact) mass is 295 g/mol. The molecule has 2 rings (SSSR count). The average molecular weight is 296 g/mol. The first-order valence-corrected chi connectivity index (χ1v) is 7.53. The van der Waals surface area contributed by atoms with Gasteiger partial charge in [-0.2, -0.15) is 0 Å². The number of benzene rings is 1. The van der Waals surface area contributed by atoms with E-state index in [-0.39, 0.29) is 18.1 Å². The summed E-state index contributed by atoms with van der Waals surface area (Å²) in [6, 6.07) is 7.53. The smallest absolute Gasteiger partial charge is 0.231 e. The summed E-state index contributed by atoms with van der Waals surface area (Å²) in [5.41, 5.74) is 0.298. The number of halogens is 1. The molecule has 1 aliphatic rings. The zero-order chi connectivity index (χ0) is 14.8. The summed E-state index contributed by atoms with van der Waals surface area (Å²) >= 11 is 5.90. The number of carbonyl (C=O) groups excluding carboxylic acids is 1. The first-order chi connectivity index (χ1) is 9.46. The fourth-order valence-corrected chi connectivity index (χ4v) is 2.63. The van der Waals surface area contributed by atoms with Crippen LogP contribution in [-0.4, -0.2) is 23.2 Å². The second kappa shape index (κ2) is 5.74. The summed E-state index contributed by atoms with van der Waals surface area (Å²) in [4.78, 5) is 12.6. The van der Waals surface area contributed by atoms with Crippen LogP contribution < -0.4 is 5.32 Å². The normalized spacial score (nSPS) is 19.2. The molecule has 1 aliphatic carbocycles. The van der Waals surface area contributed by atoms with Gasteiger partial charge >= 0.3 is 0 Å². The molecule has 1 unspecified atom stereocenters. The predicted molar refractivity (Wildman–Crippen MR) is 80.9 cm³/mol. The van der Waals surface area contributed by atoms with E-state index in [1.165, 1.54) is 0 Å². The van der Waals surface area contributed by atoms with Crippen LogP contribution in [-0.2, 0) is 10.2 Å². The van der Waals surface area contributed by atoms with E-state index in [0.29, 0.717) is 11.4 Å². The molecule has 0 bridgehead atoms. The van der Waals surface area contributed by atoms with Crippen LogP contribution in [0, 0.1) is 0 Å². The van der Waals surface area contributed by atoms with E-state index in [1.54, 1.807) is 0 Å². The molecule has 1 fully saturated rings. The van der Waals surface area contributed by atoms with E-state index in [0.717, 1.165) is 24.8 Å². The van der Waals surface area contributed by atoms with Crippen molar-refractivity contribution in [3.8, 4) is 0 Å². The van der Waals surface area contributed by atoms with Gasteiger partial charge < -0.3 is 10.4 Å². The summed E-state index contributed by atoms with van der Waals surface area (Å²) in [6.45, 7) is 4.09. The molecule has 0 aromatic heterocycles. The minimum atomic E-state index is -0.392. The Hall–Kier alpha value is -1.06. The molecule has 1 amide bonds. The fourth-order valence-electron chi connectivity index (χ4n) is 2.51. The van der Waals surface area contributed by atoms with Crippen LogP contribution in [0.15, 0.2) is 24.3 Å². The molecule has 3 nitrogen and oxygen atoms in total. The van der Waals surface area contributed by atoms with Gasteiger partial charge in [-0.05, 0) is 50.3 Å². The van der Waals surface area contributed by atoms with Gasteiger partial charge in [0, 0.05) is 17.2 Å². The number of nitrogens with one attached hydrogen (secondary N) is 1. The van der Waals surface area contributed by atoms with Crippen LogP contribution >= 0.6 is 11.6 Å². The third kappa shape index (κ3) is 2.99. The number of aliphatic hydroxyl groups excluding tert-OH is 1. The van der Waals surface area contributed by atoms with E-state index in [2.05, 4.69) is 5.32 Å². The molecule has 0 radical (unpaired) electrons. The zero-order valence-electron chi connectivity index (χ0n) is 12.1. The quantitative estimate of drug-likeness (QED) is 0.847. The molecule has 20 heavy (non-hydrogen) atoms. The van der Waals surface area contributed by atoms with Crippen LogP contribution in [0.25, 0.3) is 0 Å². The predicted octanol–water partition coefficient (Wildman–Crippen LogP) is 3.04. The second-order valence-electron chi connectivity index (χ2n) is 5.93. The molecule has 0 aliphatic heterocycles. The molecule has 1 atom stereocenters. The third-order valence-electron chi connectivity index (χ3n) is 4.44. The molecule has 0 saturated heterocycles. The summed E-state index contributed by atoms with van der Waals surface area (Å²) in [7, 11) is 0. The standard InChI is InChI=1S/C16H22ClNO2/c1-3-15(2,10-11-19)18-14(20)16(8-9-16)12-4-6-13(17)7-5-12/h4-7,19H,3,8-11H2,1-2H3,(H,18,20). The van der Waals surface area contributed by atoms with E-state index in [1.807, 2.05) is 38.1 Å². The highest BCUT2D eigenvalue weighted by atomic mass is 35.5. The topological polar surface area (TPSA) is 49.3 Å². The zero-order valence-corrected chi connectivity index (χ0v) is 12.8. The van der Waals surface area contributed by atoms with Gasteiger partial charge in [0.1, 0.15) is 0 Å². The van der Waals surface area contributed by atoms with Crippen molar-refractivity contribution in [3.05, 3.63) is 34.9 Å². The Bertz CT molecular complexity index is 482. The van der Waals surface area contributed by atoms with E-state index in [9.17, 15) is 4.79 Å². The van der Waals surface area contributed by atoms with Gasteiger partial charge in [0.05, 0.1) is 5.41 Å². The van der Waals surface area contributed by atoms with Crippen molar-refractivity contribution in [1.29, 1.82) is 0 Å². The van der Waals surface area contributed by atoms with Gasteiger partial charge in [-0.1, -0.05) is 30.7 Å². The first-order valence-electron chi connectivity index (χ1n) is 7.15. The molecule has 0 heterocycles. The number of hydrogen-bond donors (Lipinski definition) is 2. The van der Waals surface area contributed by atoms with Gasteiger partial charge in [0.2, 0.25) is 5.91 Å². The van der Waals surface area contributed by atoms with Crippen LogP contribution in [0.4, 0.5) is 0 Å². The molecule has 1 aromatic carbocycles. The first kappa shape index (κ1) is 15.3. The molecule has 4 heteroatoms. The van der Waals surface area contributed by atoms with E-state index in [4.69, 9.17) is 16.7 Å². The lowest BCUT2D eigenvalue weighted by atomic mass is 9.90. The van der Waals surface area contributed by atoms with Gasteiger partial charge in [0.25, 0.3) is 0 Å². The maximum Gasteiger partial charge on any atom is 0.231 e. The van der Waals surface area contributed by atoms with Gasteiger partial charge in [-0.15, -0.1) is 0 Å². The third-order valence-corrected chi connectivity index (χ3v) is 4.69. The Balaban J connectivity index is 2.14. The molecule has 0 spiro atoms. The minimum Gasteiger partial charge on any atom is -0.396 e. The van der Waals surface area contributed by atoms with Gasteiger partial charge in [-0.3, -0.25) is 4.79 Å². The lowest BCUT2D eigenvalue weighted by Gasteiger charge is -2.31. The lowest BCUT2D eigenvalue weighted by molar-refractivity contribution is -0.125. The van der Waals surface area contributed by atoms with Crippen LogP contribution in [0.2, 0.25) is 5.02 Å². The fraction of sp³-hybridized carbons (Fsp3) is 0.562. The second-order valence-corrected chi connectivity index (χ2v) is 6.37. The summed E-state index contributed by atoms with van der Waals surface area (Å²) in [5, 5.41) is 13.0. The van der Waals surface area contributed by atoms with E-state index >= 15 is 0 Å². The Kier molecular flexibility index (Phi) is 4.40.